The van der Waals surface area contributed by atoms with Gasteiger partial charge in [-0.05, 0) is 89.0 Å². The summed E-state index contributed by atoms with van der Waals surface area (Å²) in [5.74, 6) is 0.862. The Labute approximate surface area is 349 Å². The molecule has 0 N–H and O–H groups in total. The molecule has 3 aliphatic heterocycles. The van der Waals surface area contributed by atoms with Crippen molar-refractivity contribution < 1.29 is 43.9 Å². The molecule has 3 aliphatic rings. The number of ether oxygens (including phenoxy) is 3. The molecule has 9 nitrogen and oxygen atoms in total. The largest absolute Gasteiger partial charge is 3.00 e. The van der Waals surface area contributed by atoms with Crippen molar-refractivity contribution in [1.29, 1.82) is 0 Å². The van der Waals surface area contributed by atoms with Gasteiger partial charge in [-0.2, -0.15) is 0 Å². The van der Waals surface area contributed by atoms with E-state index in [1.807, 2.05) is 112 Å². The quantitative estimate of drug-likeness (QED) is 0.170. The molecule has 6 aromatic rings. The fourth-order valence-corrected chi connectivity index (χ4v) is 7.67. The molecule has 0 spiro atoms. The Bertz CT molecular complexity index is 2260. The topological polar surface area (TPSA) is 148 Å². The van der Waals surface area contributed by atoms with Crippen LogP contribution in [-0.2, 0) is 38.5 Å². The number of carbonyl (C=O) groups excluding carboxylic acids is 3. The normalized spacial score (nSPS) is 12.1. The summed E-state index contributed by atoms with van der Waals surface area (Å²) in [6.45, 7) is 5.81. The summed E-state index contributed by atoms with van der Waals surface area (Å²) in [4.78, 5) is 34.2. The summed E-state index contributed by atoms with van der Waals surface area (Å²) in [6.07, 6.45) is 3.71. The Kier molecular flexibility index (Phi) is 12.8. The molecule has 0 aromatic heterocycles. The molecule has 0 bridgehead atoms. The molecule has 0 amide bonds. The van der Waals surface area contributed by atoms with Crippen LogP contribution in [0.3, 0.4) is 0 Å². The Hall–Kier alpha value is -6.23. The second kappa shape index (κ2) is 17.9. The van der Waals surface area contributed by atoms with E-state index < -0.39 is 17.9 Å². The van der Waals surface area contributed by atoms with Crippen LogP contribution in [0.2, 0.25) is 0 Å². The van der Waals surface area contributed by atoms with Gasteiger partial charge in [-0.3, -0.25) is 0 Å². The summed E-state index contributed by atoms with van der Waals surface area (Å²) < 4.78 is 17.3. The number of carbonyl (C=O) groups is 3. The van der Waals surface area contributed by atoms with E-state index in [9.17, 15) is 29.7 Å². The van der Waals surface area contributed by atoms with Crippen LogP contribution in [-0.4, -0.2) is 37.7 Å². The van der Waals surface area contributed by atoms with E-state index in [1.54, 1.807) is 18.2 Å². The van der Waals surface area contributed by atoms with Gasteiger partial charge in [0.2, 0.25) is 0 Å². The fourth-order valence-electron chi connectivity index (χ4n) is 7.67. The van der Waals surface area contributed by atoms with Crippen molar-refractivity contribution in [2.75, 3.05) is 0 Å². The van der Waals surface area contributed by atoms with Gasteiger partial charge in [0.05, 0.1) is 17.9 Å². The number of hydrogen-bond acceptors (Lipinski definition) is 9. The molecular weight excluding hydrogens is 790 g/mol. The van der Waals surface area contributed by atoms with Crippen molar-refractivity contribution in [3.63, 3.8) is 0 Å². The van der Waals surface area contributed by atoms with Crippen molar-refractivity contribution >= 4 is 37.7 Å². The van der Waals surface area contributed by atoms with Crippen molar-refractivity contribution in [2.45, 2.75) is 59.3 Å². The van der Waals surface area contributed by atoms with Crippen LogP contribution >= 0.6 is 0 Å². The van der Waals surface area contributed by atoms with Gasteiger partial charge in [0.15, 0.2) is 0 Å². The van der Waals surface area contributed by atoms with Crippen LogP contribution in [0, 0.1) is 0 Å². The maximum absolute atomic E-state index is 11.4. The van der Waals surface area contributed by atoms with Gasteiger partial charge < -0.3 is 43.9 Å². The van der Waals surface area contributed by atoms with Crippen LogP contribution in [0.5, 0.6) is 34.5 Å². The number of carboxylic acid groups (broad SMARTS) is 3. The van der Waals surface area contributed by atoms with E-state index in [1.165, 1.54) is 0 Å². The standard InChI is InChI=1S/3C16H14O3.Ga/c3*1-2-10-7-8-14-12(15(10)16(17)18)9-11-5-3-4-6-13(11)19-14;/h3*3-8H,2,9H2,1H3,(H,17,18);/q;;;+3/p-3. The number of hydrogen-bond donors (Lipinski definition) is 0. The molecule has 6 aromatic carbocycles. The van der Waals surface area contributed by atoms with E-state index in [2.05, 4.69) is 0 Å². The first kappa shape index (κ1) is 41.4. The van der Waals surface area contributed by atoms with E-state index in [0.29, 0.717) is 55.8 Å². The van der Waals surface area contributed by atoms with Gasteiger partial charge in [0.1, 0.15) is 34.5 Å². The van der Waals surface area contributed by atoms with Crippen LogP contribution in [0.15, 0.2) is 109 Å². The smallest absolute Gasteiger partial charge is 0.545 e. The van der Waals surface area contributed by atoms with Gasteiger partial charge in [-0.1, -0.05) is 93.6 Å². The average molecular weight is 830 g/mol. The molecule has 3 heterocycles. The molecule has 0 aliphatic carbocycles. The minimum atomic E-state index is -1.13. The fraction of sp³-hybridized carbons (Fsp3) is 0.188. The van der Waals surface area contributed by atoms with Gasteiger partial charge in [-0.15, -0.1) is 0 Å². The molecule has 0 radical (unpaired) electrons. The first-order valence-electron chi connectivity index (χ1n) is 19.0. The van der Waals surface area contributed by atoms with Gasteiger partial charge >= 0.3 is 19.8 Å². The number of benzene rings is 6. The first-order valence-corrected chi connectivity index (χ1v) is 19.0. The SMILES string of the molecule is CCc1ccc2c(c1C(=O)[O-])Cc1ccccc1O2.CCc1ccc2c(c1C(=O)[O-])Cc1ccccc1O2.CCc1ccc2c(c1C(=O)[O-])Cc1ccccc1O2.[Ga+3]. The predicted octanol–water partition coefficient (Wildman–Crippen LogP) is 6.55. The van der Waals surface area contributed by atoms with E-state index in [0.717, 1.165) is 67.3 Å². The van der Waals surface area contributed by atoms with E-state index >= 15 is 0 Å². The summed E-state index contributed by atoms with van der Waals surface area (Å²) in [5, 5.41) is 34.2. The van der Waals surface area contributed by atoms with Crippen molar-refractivity contribution in [3.8, 4) is 34.5 Å². The second-order valence-corrected chi connectivity index (χ2v) is 13.8. The number of aromatic carboxylic acids is 3. The zero-order chi connectivity index (χ0) is 40.2. The van der Waals surface area contributed by atoms with Gasteiger partial charge in [0, 0.05) is 52.6 Å². The maximum Gasteiger partial charge on any atom is 3.00 e. The Balaban J connectivity index is 0.000000145. The monoisotopic (exact) mass is 828 g/mol. The van der Waals surface area contributed by atoms with Gasteiger partial charge in [0.25, 0.3) is 0 Å². The van der Waals surface area contributed by atoms with Crippen molar-refractivity contribution in [3.05, 3.63) is 176 Å². The molecule has 0 fully saturated rings. The third-order valence-electron chi connectivity index (χ3n) is 10.5. The molecule has 0 saturated heterocycles. The summed E-state index contributed by atoms with van der Waals surface area (Å²) in [5.41, 5.74) is 8.42. The Morgan fingerprint density at radius 1 is 0.414 bits per heavy atom. The molecule has 288 valence electrons. The number of aryl methyl sites for hydroxylation is 3. The number of fused-ring (bicyclic) bond motifs is 6. The Morgan fingerprint density at radius 2 is 0.672 bits per heavy atom. The van der Waals surface area contributed by atoms with Gasteiger partial charge in [-0.25, -0.2) is 0 Å². The third kappa shape index (κ3) is 8.25. The Morgan fingerprint density at radius 3 is 0.914 bits per heavy atom. The zero-order valence-corrected chi connectivity index (χ0v) is 34.8. The molecule has 0 saturated carbocycles. The molecular formula is C48H39GaO9. The second-order valence-electron chi connectivity index (χ2n) is 13.8. The number of para-hydroxylation sites is 3. The van der Waals surface area contributed by atoms with Crippen molar-refractivity contribution in [2.24, 2.45) is 0 Å². The predicted molar refractivity (Wildman–Crippen MR) is 214 cm³/mol. The summed E-state index contributed by atoms with van der Waals surface area (Å²) in [6, 6.07) is 34.0. The average Bonchev–Trinajstić information content (AvgIpc) is 3.23. The maximum atomic E-state index is 11.4. The minimum absolute atomic E-state index is 0. The van der Waals surface area contributed by atoms with E-state index in [4.69, 9.17) is 14.2 Å². The minimum Gasteiger partial charge on any atom is -0.545 e. The third-order valence-corrected chi connectivity index (χ3v) is 10.5. The molecule has 10 heteroatoms. The van der Waals surface area contributed by atoms with Crippen LogP contribution in [0.25, 0.3) is 0 Å². The molecule has 0 atom stereocenters. The molecule has 9 rings (SSSR count). The number of rotatable bonds is 6. The summed E-state index contributed by atoms with van der Waals surface area (Å²) >= 11 is 0. The van der Waals surface area contributed by atoms with Crippen LogP contribution < -0.4 is 29.5 Å². The zero-order valence-electron chi connectivity index (χ0n) is 32.4. The first-order chi connectivity index (χ1) is 27.6. The summed E-state index contributed by atoms with van der Waals surface area (Å²) in [7, 11) is 0. The van der Waals surface area contributed by atoms with Crippen LogP contribution in [0.1, 0.15) is 102 Å². The van der Waals surface area contributed by atoms with Crippen LogP contribution in [0.4, 0.5) is 0 Å². The van der Waals surface area contributed by atoms with E-state index in [-0.39, 0.29) is 36.5 Å². The molecule has 0 unspecified atom stereocenters. The number of carboxylic acids is 3. The van der Waals surface area contributed by atoms with Crippen molar-refractivity contribution in [1.82, 2.24) is 0 Å². The molecule has 58 heavy (non-hydrogen) atoms.